The van der Waals surface area contributed by atoms with Gasteiger partial charge in [-0.15, -0.1) is 68.0 Å². The van der Waals surface area contributed by atoms with Crippen LogP contribution in [0.2, 0.25) is 0 Å². The predicted molar refractivity (Wildman–Crippen MR) is 541 cm³/mol. The average molecular weight is 1830 g/mol. The van der Waals surface area contributed by atoms with Crippen molar-refractivity contribution in [3.05, 3.63) is 389 Å². The number of thiophene rings is 6. The molecule has 18 aromatic rings. The van der Waals surface area contributed by atoms with Crippen LogP contribution >= 0.6 is 68.0 Å². The number of fused-ring (bicyclic) bond motifs is 6. The highest BCUT2D eigenvalue weighted by Gasteiger charge is 2.22. The highest BCUT2D eigenvalue weighted by molar-refractivity contribution is 7.11. The van der Waals surface area contributed by atoms with E-state index in [1.165, 1.54) is 28.7 Å². The quantitative estimate of drug-likeness (QED) is 0.0224. The number of rotatable bonds is 36. The molecular weight excluding hydrogens is 1670 g/mol. The molecule has 0 bridgehead atoms. The van der Waals surface area contributed by atoms with Crippen LogP contribution in [0, 0.1) is 0 Å². The Morgan fingerprint density at radius 3 is 0.913 bits per heavy atom. The minimum absolute atomic E-state index is 0.00491. The second-order valence-electron chi connectivity index (χ2n) is 26.5. The van der Waals surface area contributed by atoms with Crippen molar-refractivity contribution in [1.82, 2.24) is 31.9 Å². The van der Waals surface area contributed by atoms with Crippen LogP contribution in [0.1, 0.15) is 162 Å². The first-order valence-electron chi connectivity index (χ1n) is 60.2. The van der Waals surface area contributed by atoms with E-state index < -0.39 is 143 Å². The van der Waals surface area contributed by atoms with E-state index in [2.05, 4.69) is 16.0 Å². The number of hydrogen-bond acceptors (Lipinski definition) is 18. The second-order valence-corrected chi connectivity index (χ2v) is 31.9. The van der Waals surface area contributed by atoms with Gasteiger partial charge in [-0.1, -0.05) is 255 Å². The van der Waals surface area contributed by atoms with Gasteiger partial charge in [-0.3, -0.25) is 0 Å². The summed E-state index contributed by atoms with van der Waals surface area (Å²) in [7, 11) is 0. The second kappa shape index (κ2) is 50.9. The summed E-state index contributed by atoms with van der Waals surface area (Å²) in [5.74, 6) is 2.45. The zero-order valence-corrected chi connectivity index (χ0v) is 72.2. The topological polar surface area (TPSA) is 128 Å². The van der Waals surface area contributed by atoms with E-state index in [-0.39, 0.29) is 79.2 Å². The fraction of sp³-hybridized carbons (Fsp3) is 0.222. The zero-order valence-electron chi connectivity index (χ0n) is 109. The molecule has 0 aliphatic carbocycles. The van der Waals surface area contributed by atoms with E-state index in [0.717, 1.165) is 105 Å². The third-order valence-electron chi connectivity index (χ3n) is 18.4. The Hall–Kier alpha value is -11.0. The molecule has 12 nitrogen and oxygen atoms in total. The molecule has 0 fully saturated rings. The van der Waals surface area contributed by atoms with Crippen molar-refractivity contribution in [2.75, 3.05) is 81.0 Å². The van der Waals surface area contributed by atoms with Crippen molar-refractivity contribution in [2.45, 2.75) is 74.9 Å². The molecule has 0 amide bonds. The first-order valence-corrected chi connectivity index (χ1v) is 44.3. The standard InChI is InChI=1S/6C18H19NOS/c6*1-19-12-11-17(18-10-5-13-21-18)20-16-9-4-7-14-6-2-3-8-15(14)16/h6*2-10,13,17,19H,11-12H2,1H3/i1D3,5D,10D,12D2,13D;1D3,5D,10D,11D2,13D;1D3,11D2,12D2,17D;1D3,5D,10D,13D;1D3,12D2,17D;1D3,11D2,17D. The van der Waals surface area contributed by atoms with Crippen LogP contribution in [-0.2, 0) is 0 Å². The lowest BCUT2D eigenvalue weighted by atomic mass is 10.1. The lowest BCUT2D eigenvalue weighted by Crippen LogP contribution is -2.15. The minimum atomic E-state index is -3.10. The fourth-order valence-electron chi connectivity index (χ4n) is 12.7. The summed E-state index contributed by atoms with van der Waals surface area (Å²) in [6.45, 7) is -24.4. The Morgan fingerprint density at radius 2 is 0.556 bits per heavy atom. The average Bonchev–Trinajstić information content (AvgIpc) is 1.11. The van der Waals surface area contributed by atoms with Crippen LogP contribution in [0.5, 0.6) is 34.5 Å². The van der Waals surface area contributed by atoms with Crippen molar-refractivity contribution in [1.29, 1.82) is 0 Å². The summed E-state index contributed by atoms with van der Waals surface area (Å²) < 4.78 is 364. The zero-order chi connectivity index (χ0) is 123. The SMILES string of the molecule is [2H]C([2H])([2H])NC([2H])([2H])C([2H])([2H])C([2H])(Oc1cccc2ccccc12)c1cccs1.[2H]C([2H])([2H])NC([2H])([2H])CC([2H])(Oc1cccc2ccccc12)c1cccs1.[2H]C([2H])([2H])NCC([2H])([2H])C([2H])(Oc1cccc2ccccc12)c1cccs1.[2H]c1sc(C(CC([2H])([2H])NC([2H])([2H])[2H])Oc2cccc3ccccc23)c([2H])c1[2H].[2H]c1sc(C(CCNC([2H])([2H])[2H])Oc2cccc3ccccc23)c([2H])c1[2H].[2H]c1sc(C(Oc2cccc3ccccc23)C([2H])([2H])CNC([2H])([2H])[2H])c([2H])c1[2H]. The third-order valence-corrected chi connectivity index (χ3v) is 23.4. The van der Waals surface area contributed by atoms with E-state index >= 15 is 0 Å². The van der Waals surface area contributed by atoms with Gasteiger partial charge in [0.1, 0.15) is 71.0 Å². The molecule has 0 saturated heterocycles. The summed E-state index contributed by atoms with van der Waals surface area (Å²) in [5.41, 5.74) is 0. The van der Waals surface area contributed by atoms with Crippen LogP contribution < -0.4 is 60.3 Å². The van der Waals surface area contributed by atoms with Crippen LogP contribution in [-0.4, -0.2) is 81.0 Å². The molecule has 0 spiro atoms. The summed E-state index contributed by atoms with van der Waals surface area (Å²) in [5, 5.41) is 27.3. The highest BCUT2D eigenvalue weighted by atomic mass is 32.1. The Kier molecular flexibility index (Phi) is 21.1. The third kappa shape index (κ3) is 27.0. The van der Waals surface area contributed by atoms with Crippen molar-refractivity contribution >= 4 is 133 Å². The van der Waals surface area contributed by atoms with Gasteiger partial charge >= 0.3 is 0 Å². The molecule has 0 saturated carbocycles. The van der Waals surface area contributed by atoms with Gasteiger partial charge in [0.15, 0.2) is 0 Å². The first-order chi connectivity index (χ1) is 78.3. The normalized spacial score (nSPS) is 19.3. The lowest BCUT2D eigenvalue weighted by molar-refractivity contribution is 0.201. The number of ether oxygens (including phenoxy) is 6. The molecule has 6 unspecified atom stereocenters. The maximum Gasteiger partial charge on any atom is 0.134 e. The van der Waals surface area contributed by atoms with Gasteiger partial charge in [0.2, 0.25) is 0 Å². The molecule has 18 heteroatoms. The maximum atomic E-state index is 8.91. The van der Waals surface area contributed by atoms with Crippen molar-refractivity contribution < 1.29 is 86.0 Å². The molecule has 126 heavy (non-hydrogen) atoms. The number of nitrogens with one attached hydrogen (secondary N) is 6. The maximum absolute atomic E-state index is 8.91. The summed E-state index contributed by atoms with van der Waals surface area (Å²) in [6, 6.07) is 85.7. The van der Waals surface area contributed by atoms with Crippen LogP contribution in [0.3, 0.4) is 0 Å². The van der Waals surface area contributed by atoms with Crippen LogP contribution in [0.15, 0.2) is 360 Å². The minimum Gasteiger partial charge on any atom is -0.484 e. The molecule has 6 N–H and O–H groups in total. The van der Waals surface area contributed by atoms with Gasteiger partial charge < -0.3 is 60.3 Å². The monoisotopic (exact) mass is 1820 g/mol. The van der Waals surface area contributed by atoms with E-state index in [0.29, 0.717) is 55.2 Å². The van der Waals surface area contributed by atoms with Gasteiger partial charge in [0.25, 0.3) is 0 Å². The number of benzene rings is 12. The van der Waals surface area contributed by atoms with Gasteiger partial charge in [0.05, 0.1) is 16.4 Å². The summed E-state index contributed by atoms with van der Waals surface area (Å²) in [4.78, 5) is 1.70. The van der Waals surface area contributed by atoms with Crippen LogP contribution in [0.4, 0.5) is 0 Å². The van der Waals surface area contributed by atoms with Gasteiger partial charge in [-0.2, -0.15) is 0 Å². The van der Waals surface area contributed by atoms with Crippen molar-refractivity contribution in [3.8, 4) is 34.5 Å². The first kappa shape index (κ1) is 52.3. The van der Waals surface area contributed by atoms with E-state index in [9.17, 15) is 0 Å². The van der Waals surface area contributed by atoms with Gasteiger partial charge in [0, 0.05) is 141 Å². The van der Waals surface area contributed by atoms with Crippen molar-refractivity contribution in [2.24, 2.45) is 0 Å². The molecule has 12 aromatic carbocycles. The molecule has 0 aliphatic rings. The molecule has 6 aromatic heterocycles. The van der Waals surface area contributed by atoms with Crippen molar-refractivity contribution in [3.63, 3.8) is 0 Å². The Labute approximate surface area is 826 Å². The van der Waals surface area contributed by atoms with Gasteiger partial charge in [-0.05, 0) is 218 Å². The molecule has 0 aliphatic heterocycles. The highest BCUT2D eigenvalue weighted by Crippen LogP contribution is 2.40. The summed E-state index contributed by atoms with van der Waals surface area (Å²) in [6.07, 6.45) is -17.8. The lowest BCUT2D eigenvalue weighted by Gasteiger charge is -2.19. The number of hydrogen-bond donors (Lipinski definition) is 6. The molecule has 18 rings (SSSR count). The molecule has 6 atom stereocenters. The molecule has 6 heterocycles. The summed E-state index contributed by atoms with van der Waals surface area (Å²) >= 11 is 6.17. The molecular formula is C108H114N6O6S6. The Morgan fingerprint density at radius 1 is 0.262 bits per heavy atom. The van der Waals surface area contributed by atoms with Crippen LogP contribution in [0.25, 0.3) is 64.6 Å². The molecule has 0 radical (unpaired) electrons. The molecule has 648 valence electrons. The largest absolute Gasteiger partial charge is 0.484 e. The van der Waals surface area contributed by atoms with E-state index in [1.54, 1.807) is 119 Å². The van der Waals surface area contributed by atoms with E-state index in [4.69, 9.17) is 86.0 Å². The van der Waals surface area contributed by atoms with E-state index in [1.807, 2.05) is 199 Å². The predicted octanol–water partition coefficient (Wildman–Crippen LogP) is 27.8. The Bertz CT molecular complexity index is 8200. The smallest absolute Gasteiger partial charge is 0.134 e. The van der Waals surface area contributed by atoms with Gasteiger partial charge in [-0.25, -0.2) is 0 Å². The Balaban J connectivity index is 0.000000165. The fourth-order valence-corrected chi connectivity index (χ4v) is 16.5.